The number of rotatable bonds is 3. The SMILES string of the molecule is NC(=O)c1c(-c2ccccc2)cnnc1-c1cccc(Cl)c1. The Labute approximate surface area is 132 Å². The number of hydrogen-bond donors (Lipinski definition) is 1. The molecule has 108 valence electrons. The zero-order valence-electron chi connectivity index (χ0n) is 11.5. The fourth-order valence-corrected chi connectivity index (χ4v) is 2.50. The molecule has 3 rings (SSSR count). The van der Waals surface area contributed by atoms with Crippen molar-refractivity contribution in [3.8, 4) is 22.4 Å². The normalized spacial score (nSPS) is 10.4. The van der Waals surface area contributed by atoms with E-state index < -0.39 is 5.91 Å². The lowest BCUT2D eigenvalue weighted by Crippen LogP contribution is -2.15. The number of nitrogens with zero attached hydrogens (tertiary/aromatic N) is 2. The number of carbonyl (C=O) groups excluding carboxylic acids is 1. The van der Waals surface area contributed by atoms with Crippen LogP contribution in [0.4, 0.5) is 0 Å². The highest BCUT2D eigenvalue weighted by atomic mass is 35.5. The van der Waals surface area contributed by atoms with Gasteiger partial charge in [0.25, 0.3) is 5.91 Å². The van der Waals surface area contributed by atoms with Crippen LogP contribution in [0, 0.1) is 0 Å². The molecule has 0 spiro atoms. The summed E-state index contributed by atoms with van der Waals surface area (Å²) < 4.78 is 0. The molecule has 5 heteroatoms. The second-order valence-corrected chi connectivity index (χ2v) is 5.16. The van der Waals surface area contributed by atoms with E-state index in [1.54, 1.807) is 24.4 Å². The van der Waals surface area contributed by atoms with Gasteiger partial charge in [-0.1, -0.05) is 54.1 Å². The fourth-order valence-electron chi connectivity index (χ4n) is 2.31. The van der Waals surface area contributed by atoms with Crippen molar-refractivity contribution in [1.29, 1.82) is 0 Å². The summed E-state index contributed by atoms with van der Waals surface area (Å²) in [5, 5.41) is 8.65. The molecule has 0 saturated carbocycles. The van der Waals surface area contributed by atoms with Crippen molar-refractivity contribution in [2.24, 2.45) is 5.73 Å². The van der Waals surface area contributed by atoms with Crippen LogP contribution in [0.25, 0.3) is 22.4 Å². The van der Waals surface area contributed by atoms with Crippen molar-refractivity contribution in [2.75, 3.05) is 0 Å². The maximum atomic E-state index is 12.0. The molecule has 0 atom stereocenters. The van der Waals surface area contributed by atoms with Gasteiger partial charge >= 0.3 is 0 Å². The van der Waals surface area contributed by atoms with Crippen molar-refractivity contribution in [3.05, 3.63) is 71.4 Å². The quantitative estimate of drug-likeness (QED) is 0.804. The van der Waals surface area contributed by atoms with Crippen LogP contribution < -0.4 is 5.73 Å². The minimum Gasteiger partial charge on any atom is -0.366 e. The Bertz CT molecular complexity index is 834. The average Bonchev–Trinajstić information content (AvgIpc) is 2.55. The first kappa shape index (κ1) is 14.2. The number of hydrogen-bond acceptors (Lipinski definition) is 3. The van der Waals surface area contributed by atoms with Gasteiger partial charge in [0, 0.05) is 16.1 Å². The van der Waals surface area contributed by atoms with Gasteiger partial charge in [-0.2, -0.15) is 5.10 Å². The lowest BCUT2D eigenvalue weighted by molar-refractivity contribution is 0.100. The molecule has 2 N–H and O–H groups in total. The lowest BCUT2D eigenvalue weighted by atomic mass is 9.97. The molecule has 0 unspecified atom stereocenters. The van der Waals surface area contributed by atoms with Gasteiger partial charge in [-0.05, 0) is 17.7 Å². The van der Waals surface area contributed by atoms with E-state index in [1.165, 1.54) is 0 Å². The Hall–Kier alpha value is -2.72. The number of nitrogens with two attached hydrogens (primary N) is 1. The van der Waals surface area contributed by atoms with Crippen molar-refractivity contribution >= 4 is 17.5 Å². The highest BCUT2D eigenvalue weighted by Crippen LogP contribution is 2.30. The number of primary amides is 1. The molecule has 0 bridgehead atoms. The van der Waals surface area contributed by atoms with Crippen molar-refractivity contribution in [2.45, 2.75) is 0 Å². The summed E-state index contributed by atoms with van der Waals surface area (Å²) in [5.74, 6) is -0.552. The topological polar surface area (TPSA) is 68.9 Å². The van der Waals surface area contributed by atoms with E-state index in [1.807, 2.05) is 36.4 Å². The van der Waals surface area contributed by atoms with Crippen LogP contribution in [-0.2, 0) is 0 Å². The zero-order valence-corrected chi connectivity index (χ0v) is 12.3. The van der Waals surface area contributed by atoms with Crippen molar-refractivity contribution < 1.29 is 4.79 Å². The van der Waals surface area contributed by atoms with E-state index in [2.05, 4.69) is 10.2 Å². The Balaban J connectivity index is 2.26. The second-order valence-electron chi connectivity index (χ2n) is 4.72. The molecule has 0 saturated heterocycles. The van der Waals surface area contributed by atoms with Crippen LogP contribution >= 0.6 is 11.6 Å². The van der Waals surface area contributed by atoms with Gasteiger partial charge in [0.15, 0.2) is 0 Å². The molecule has 0 aliphatic rings. The first-order chi connectivity index (χ1) is 10.7. The molecule has 4 nitrogen and oxygen atoms in total. The van der Waals surface area contributed by atoms with Crippen LogP contribution in [0.2, 0.25) is 5.02 Å². The Morgan fingerprint density at radius 3 is 2.41 bits per heavy atom. The summed E-state index contributed by atoms with van der Waals surface area (Å²) in [5.41, 5.74) is 8.56. The predicted molar refractivity (Wildman–Crippen MR) is 86.4 cm³/mol. The van der Waals surface area contributed by atoms with E-state index in [0.29, 0.717) is 27.4 Å². The van der Waals surface area contributed by atoms with Gasteiger partial charge in [-0.3, -0.25) is 4.79 Å². The molecular weight excluding hydrogens is 298 g/mol. The van der Waals surface area contributed by atoms with E-state index >= 15 is 0 Å². The smallest absolute Gasteiger partial charge is 0.251 e. The third-order valence-electron chi connectivity index (χ3n) is 3.28. The summed E-state index contributed by atoms with van der Waals surface area (Å²) in [4.78, 5) is 12.0. The summed E-state index contributed by atoms with van der Waals surface area (Å²) >= 11 is 6.02. The standard InChI is InChI=1S/C17H12ClN3O/c18-13-8-4-7-12(9-13)16-15(17(19)22)14(10-20-21-16)11-5-2-1-3-6-11/h1-10H,(H2,19,22). The molecular formula is C17H12ClN3O. The predicted octanol–water partition coefficient (Wildman–Crippen LogP) is 3.56. The summed E-state index contributed by atoms with van der Waals surface area (Å²) in [6.07, 6.45) is 1.55. The Morgan fingerprint density at radius 2 is 1.73 bits per heavy atom. The highest BCUT2D eigenvalue weighted by molar-refractivity contribution is 6.30. The van der Waals surface area contributed by atoms with Gasteiger partial charge in [0.1, 0.15) is 5.69 Å². The summed E-state index contributed by atoms with van der Waals surface area (Å²) in [6.45, 7) is 0. The van der Waals surface area contributed by atoms with Gasteiger partial charge in [-0.15, -0.1) is 5.10 Å². The average molecular weight is 310 g/mol. The van der Waals surface area contributed by atoms with Crippen molar-refractivity contribution in [3.63, 3.8) is 0 Å². The van der Waals surface area contributed by atoms with Gasteiger partial charge in [0.2, 0.25) is 0 Å². The van der Waals surface area contributed by atoms with Crippen LogP contribution in [0.1, 0.15) is 10.4 Å². The van der Waals surface area contributed by atoms with Gasteiger partial charge in [0.05, 0.1) is 11.8 Å². The molecule has 3 aromatic rings. The van der Waals surface area contributed by atoms with E-state index in [9.17, 15) is 4.79 Å². The molecule has 1 heterocycles. The molecule has 1 amide bonds. The molecule has 0 fully saturated rings. The number of aromatic nitrogens is 2. The third kappa shape index (κ3) is 2.69. The lowest BCUT2D eigenvalue weighted by Gasteiger charge is -2.11. The fraction of sp³-hybridized carbons (Fsp3) is 0. The minimum atomic E-state index is -0.552. The molecule has 22 heavy (non-hydrogen) atoms. The van der Waals surface area contributed by atoms with Crippen LogP contribution in [0.15, 0.2) is 60.8 Å². The second kappa shape index (κ2) is 5.95. The van der Waals surface area contributed by atoms with E-state index in [-0.39, 0.29) is 0 Å². The maximum absolute atomic E-state index is 12.0. The Kier molecular flexibility index (Phi) is 3.85. The van der Waals surface area contributed by atoms with Crippen LogP contribution in [0.5, 0.6) is 0 Å². The Morgan fingerprint density at radius 1 is 1.00 bits per heavy atom. The molecule has 0 radical (unpaired) electrons. The first-order valence-electron chi connectivity index (χ1n) is 6.63. The van der Waals surface area contributed by atoms with Gasteiger partial charge in [-0.25, -0.2) is 0 Å². The number of benzene rings is 2. The summed E-state index contributed by atoms with van der Waals surface area (Å²) in [6, 6.07) is 16.6. The molecule has 2 aromatic carbocycles. The van der Waals surface area contributed by atoms with Gasteiger partial charge < -0.3 is 5.73 Å². The molecule has 0 aliphatic heterocycles. The zero-order chi connectivity index (χ0) is 15.5. The maximum Gasteiger partial charge on any atom is 0.251 e. The highest BCUT2D eigenvalue weighted by Gasteiger charge is 2.18. The minimum absolute atomic E-state index is 0.337. The number of carbonyl (C=O) groups is 1. The summed E-state index contributed by atoms with van der Waals surface area (Å²) in [7, 11) is 0. The first-order valence-corrected chi connectivity index (χ1v) is 7.01. The number of halogens is 1. The van der Waals surface area contributed by atoms with Crippen molar-refractivity contribution in [1.82, 2.24) is 10.2 Å². The number of amides is 1. The van der Waals surface area contributed by atoms with E-state index in [0.717, 1.165) is 5.56 Å². The monoisotopic (exact) mass is 309 g/mol. The molecule has 0 aliphatic carbocycles. The van der Waals surface area contributed by atoms with E-state index in [4.69, 9.17) is 17.3 Å². The molecule has 1 aromatic heterocycles. The third-order valence-corrected chi connectivity index (χ3v) is 3.52. The van der Waals surface area contributed by atoms with Crippen LogP contribution in [0.3, 0.4) is 0 Å². The largest absolute Gasteiger partial charge is 0.366 e. The van der Waals surface area contributed by atoms with Crippen LogP contribution in [-0.4, -0.2) is 16.1 Å².